The molecule has 1 N–H and O–H groups in total. The second-order valence-corrected chi connectivity index (χ2v) is 2.99. The van der Waals surface area contributed by atoms with E-state index in [1.54, 1.807) is 24.3 Å². The van der Waals surface area contributed by atoms with Crippen molar-refractivity contribution in [3.05, 3.63) is 35.4 Å². The quantitative estimate of drug-likeness (QED) is 0.608. The van der Waals surface area contributed by atoms with Crippen molar-refractivity contribution in [2.24, 2.45) is 0 Å². The van der Waals surface area contributed by atoms with Crippen LogP contribution in [0.5, 0.6) is 0 Å². The molecule has 1 aromatic rings. The number of ether oxygens (including phenoxy) is 1. The summed E-state index contributed by atoms with van der Waals surface area (Å²) in [6.45, 7) is 2.38. The Labute approximate surface area is 112 Å². The molecule has 0 aliphatic rings. The average Bonchev–Trinajstić information content (AvgIpc) is 2.26. The van der Waals surface area contributed by atoms with Crippen LogP contribution in [0.1, 0.15) is 29.3 Å². The summed E-state index contributed by atoms with van der Waals surface area (Å²) < 4.78 is 4.95. The number of hydrogen-bond donors (Lipinski definition) is 1. The Hall–Kier alpha value is -0.350. The molecule has 0 aromatic heterocycles. The molecule has 0 heterocycles. The molecule has 3 nitrogen and oxygen atoms in total. The number of hydrogen-bond acceptors (Lipinski definition) is 3. The Kier molecular flexibility index (Phi) is 7.70. The first-order chi connectivity index (χ1) is 6.77. The average molecular weight is 218 g/mol. The second-order valence-electron chi connectivity index (χ2n) is 2.99. The molecule has 4 heteroatoms. The molecule has 0 saturated carbocycles. The van der Waals surface area contributed by atoms with E-state index in [4.69, 9.17) is 9.84 Å². The molecule has 0 aliphatic heterocycles. The molecule has 0 bridgehead atoms. The molecule has 0 amide bonds. The van der Waals surface area contributed by atoms with E-state index in [0.717, 1.165) is 12.0 Å². The van der Waals surface area contributed by atoms with Gasteiger partial charge in [0.1, 0.15) is 0 Å². The molecule has 0 unspecified atom stereocenters. The number of carbonyl (C=O) groups excluding carboxylic acids is 1. The van der Waals surface area contributed by atoms with E-state index < -0.39 is 0 Å². The summed E-state index contributed by atoms with van der Waals surface area (Å²) in [6.07, 6.45) is 0.820. The molecule has 1 rings (SSSR count). The fourth-order valence-corrected chi connectivity index (χ4v) is 1.02. The maximum atomic E-state index is 11.3. The van der Waals surface area contributed by atoms with Crippen LogP contribution in [0.25, 0.3) is 0 Å². The van der Waals surface area contributed by atoms with Crippen LogP contribution in [0, 0.1) is 0 Å². The van der Waals surface area contributed by atoms with Crippen molar-refractivity contribution in [1.82, 2.24) is 0 Å². The van der Waals surface area contributed by atoms with E-state index in [-0.39, 0.29) is 42.1 Å². The summed E-state index contributed by atoms with van der Waals surface area (Å²) >= 11 is 0. The van der Waals surface area contributed by atoms with E-state index >= 15 is 0 Å². The van der Waals surface area contributed by atoms with Crippen LogP contribution in [0.15, 0.2) is 24.3 Å². The van der Waals surface area contributed by atoms with Gasteiger partial charge >= 0.3 is 35.5 Å². The van der Waals surface area contributed by atoms with Gasteiger partial charge in [0, 0.05) is 0 Å². The zero-order valence-electron chi connectivity index (χ0n) is 8.19. The van der Waals surface area contributed by atoms with Gasteiger partial charge in [0.15, 0.2) is 0 Å². The van der Waals surface area contributed by atoms with Crippen LogP contribution in [-0.2, 0) is 11.3 Å². The SMILES string of the molecule is CCCOC(=O)c1ccc(CO)cc1.[NaH]. The van der Waals surface area contributed by atoms with Crippen molar-refractivity contribution in [2.75, 3.05) is 6.61 Å². The first-order valence-electron chi connectivity index (χ1n) is 4.65. The molecule has 0 fully saturated rings. The summed E-state index contributed by atoms with van der Waals surface area (Å²) in [6, 6.07) is 6.73. The maximum absolute atomic E-state index is 11.3. The number of esters is 1. The van der Waals surface area contributed by atoms with Crippen molar-refractivity contribution in [3.8, 4) is 0 Å². The van der Waals surface area contributed by atoms with Crippen LogP contribution >= 0.6 is 0 Å². The minimum atomic E-state index is -0.309. The Balaban J connectivity index is 0.00000196. The fraction of sp³-hybridized carbons (Fsp3) is 0.364. The van der Waals surface area contributed by atoms with E-state index in [2.05, 4.69) is 0 Å². The predicted molar refractivity (Wildman–Crippen MR) is 60.1 cm³/mol. The van der Waals surface area contributed by atoms with Crippen molar-refractivity contribution >= 4 is 35.5 Å². The topological polar surface area (TPSA) is 46.5 Å². The Morgan fingerprint density at radius 1 is 1.33 bits per heavy atom. The van der Waals surface area contributed by atoms with Gasteiger partial charge in [-0.3, -0.25) is 0 Å². The van der Waals surface area contributed by atoms with Gasteiger partial charge in [-0.15, -0.1) is 0 Å². The van der Waals surface area contributed by atoms with Crippen LogP contribution < -0.4 is 0 Å². The molecule has 0 aliphatic carbocycles. The summed E-state index contributed by atoms with van der Waals surface area (Å²) in [4.78, 5) is 11.3. The van der Waals surface area contributed by atoms with Crippen molar-refractivity contribution < 1.29 is 14.6 Å². The molecule has 15 heavy (non-hydrogen) atoms. The van der Waals surface area contributed by atoms with E-state index in [1.165, 1.54) is 0 Å². The van der Waals surface area contributed by atoms with E-state index in [9.17, 15) is 4.79 Å². The normalized spacial score (nSPS) is 9.20. The first kappa shape index (κ1) is 14.6. The summed E-state index contributed by atoms with van der Waals surface area (Å²) in [7, 11) is 0. The van der Waals surface area contributed by atoms with Crippen molar-refractivity contribution in [1.29, 1.82) is 0 Å². The van der Waals surface area contributed by atoms with Gasteiger partial charge < -0.3 is 9.84 Å². The summed E-state index contributed by atoms with van der Waals surface area (Å²) in [5.41, 5.74) is 1.31. The van der Waals surface area contributed by atoms with Gasteiger partial charge in [0.2, 0.25) is 0 Å². The van der Waals surface area contributed by atoms with E-state index in [0.29, 0.717) is 12.2 Å². The van der Waals surface area contributed by atoms with Crippen LogP contribution in [0.2, 0.25) is 0 Å². The second kappa shape index (κ2) is 7.88. The van der Waals surface area contributed by atoms with Gasteiger partial charge in [0.05, 0.1) is 18.8 Å². The molecule has 1 aromatic carbocycles. The zero-order valence-corrected chi connectivity index (χ0v) is 8.19. The van der Waals surface area contributed by atoms with Crippen LogP contribution in [0.3, 0.4) is 0 Å². The monoisotopic (exact) mass is 218 g/mol. The third-order valence-corrected chi connectivity index (χ3v) is 1.81. The Morgan fingerprint density at radius 3 is 2.40 bits per heavy atom. The van der Waals surface area contributed by atoms with Crippen molar-refractivity contribution in [2.45, 2.75) is 20.0 Å². The van der Waals surface area contributed by atoms with Gasteiger partial charge in [-0.05, 0) is 24.1 Å². The Morgan fingerprint density at radius 2 is 1.93 bits per heavy atom. The zero-order chi connectivity index (χ0) is 10.4. The Bertz CT molecular complexity index is 295. The van der Waals surface area contributed by atoms with Gasteiger partial charge in [-0.25, -0.2) is 4.79 Å². The van der Waals surface area contributed by atoms with Crippen LogP contribution in [0.4, 0.5) is 0 Å². The third kappa shape index (κ3) is 4.80. The molecule has 0 spiro atoms. The summed E-state index contributed by atoms with van der Waals surface area (Å²) in [5.74, 6) is -0.309. The molecule has 0 atom stereocenters. The predicted octanol–water partition coefficient (Wildman–Crippen LogP) is 1.10. The van der Waals surface area contributed by atoms with Gasteiger partial charge in [-0.1, -0.05) is 19.1 Å². The molecule has 0 saturated heterocycles. The van der Waals surface area contributed by atoms with Gasteiger partial charge in [0.25, 0.3) is 0 Å². The number of aliphatic hydroxyl groups excluding tert-OH is 1. The fourth-order valence-electron chi connectivity index (χ4n) is 1.02. The standard InChI is InChI=1S/C11H14O3.Na.H/c1-2-7-14-11(13)10-5-3-9(8-12)4-6-10;;/h3-6,12H,2,7-8H2,1H3;;. The number of benzene rings is 1. The molecular formula is C11H15NaO3. The van der Waals surface area contributed by atoms with E-state index in [1.807, 2.05) is 6.92 Å². The number of aliphatic hydroxyl groups is 1. The number of rotatable bonds is 4. The molecule has 78 valence electrons. The molecular weight excluding hydrogens is 203 g/mol. The molecule has 0 radical (unpaired) electrons. The first-order valence-corrected chi connectivity index (χ1v) is 4.65. The third-order valence-electron chi connectivity index (χ3n) is 1.81. The van der Waals surface area contributed by atoms with Crippen molar-refractivity contribution in [3.63, 3.8) is 0 Å². The minimum absolute atomic E-state index is 0. The van der Waals surface area contributed by atoms with Crippen LogP contribution in [-0.4, -0.2) is 47.2 Å². The van der Waals surface area contributed by atoms with Gasteiger partial charge in [-0.2, -0.15) is 0 Å². The number of carbonyl (C=O) groups is 1. The summed E-state index contributed by atoms with van der Waals surface area (Å²) in [5, 5.41) is 8.79.